The molecule has 0 unspecified atom stereocenters. The van der Waals surface area contributed by atoms with Gasteiger partial charge in [0.25, 0.3) is 5.91 Å². The summed E-state index contributed by atoms with van der Waals surface area (Å²) in [5, 5.41) is 2.65. The number of esters is 1. The van der Waals surface area contributed by atoms with Gasteiger partial charge in [0.05, 0.1) is 11.9 Å². The molecule has 0 radical (unpaired) electrons. The molecule has 1 saturated heterocycles. The van der Waals surface area contributed by atoms with E-state index < -0.39 is 5.97 Å². The van der Waals surface area contributed by atoms with Crippen LogP contribution in [0, 0.1) is 5.82 Å². The molecule has 22 heavy (non-hydrogen) atoms. The van der Waals surface area contributed by atoms with Crippen LogP contribution in [0.25, 0.3) is 0 Å². The summed E-state index contributed by atoms with van der Waals surface area (Å²) in [5.74, 6) is -1.34. The molecule has 5 nitrogen and oxygen atoms in total. The minimum atomic E-state index is -0.555. The molecular weight excluding hydrogens is 309 g/mol. The second-order valence-corrected chi connectivity index (χ2v) is 5.84. The predicted molar refractivity (Wildman–Crippen MR) is 80.1 cm³/mol. The van der Waals surface area contributed by atoms with Crippen LogP contribution in [0.2, 0.25) is 0 Å². The van der Waals surface area contributed by atoms with Crippen molar-refractivity contribution in [2.75, 3.05) is 25.5 Å². The zero-order valence-electron chi connectivity index (χ0n) is 12.0. The topological polar surface area (TPSA) is 64.6 Å². The fourth-order valence-electron chi connectivity index (χ4n) is 1.97. The highest BCUT2D eigenvalue weighted by Crippen LogP contribution is 2.20. The van der Waals surface area contributed by atoms with Gasteiger partial charge in [-0.1, -0.05) is 12.1 Å². The maximum Gasteiger partial charge on any atom is 0.316 e. The first-order valence-electron chi connectivity index (χ1n) is 7.06. The Morgan fingerprint density at radius 3 is 2.95 bits per heavy atom. The third-order valence-corrected chi connectivity index (χ3v) is 4.12. The lowest BCUT2D eigenvalue weighted by Crippen LogP contribution is -2.35. The van der Waals surface area contributed by atoms with Gasteiger partial charge in [-0.25, -0.2) is 4.39 Å². The standard InChI is InChI=1S/C15H18FNO4S/c16-12-5-1-2-6-13(12)22-10-15(19)21-9-14(18)17-8-11-4-3-7-20-11/h1-2,5-6,11H,3-4,7-10H2,(H,17,18)/t11-/m1/s1. The number of halogens is 1. The van der Waals surface area contributed by atoms with Crippen LogP contribution >= 0.6 is 11.8 Å². The molecule has 1 aromatic rings. The van der Waals surface area contributed by atoms with Gasteiger partial charge in [0.1, 0.15) is 5.82 Å². The van der Waals surface area contributed by atoms with Crippen molar-refractivity contribution in [3.05, 3.63) is 30.1 Å². The Kier molecular flexibility index (Phi) is 6.67. The lowest BCUT2D eigenvalue weighted by atomic mass is 10.2. The molecule has 2 rings (SSSR count). The fourth-order valence-corrected chi connectivity index (χ4v) is 2.71. The summed E-state index contributed by atoms with van der Waals surface area (Å²) >= 11 is 1.04. The molecule has 1 atom stereocenters. The quantitative estimate of drug-likeness (QED) is 0.611. The minimum Gasteiger partial charge on any atom is -0.455 e. The van der Waals surface area contributed by atoms with E-state index in [1.807, 2.05) is 0 Å². The summed E-state index contributed by atoms with van der Waals surface area (Å²) in [6.45, 7) is 0.826. The fraction of sp³-hybridized carbons (Fsp3) is 0.467. The number of benzene rings is 1. The van der Waals surface area contributed by atoms with Crippen molar-refractivity contribution in [3.8, 4) is 0 Å². The van der Waals surface area contributed by atoms with Gasteiger partial charge in [0, 0.05) is 18.0 Å². The molecule has 1 N–H and O–H groups in total. The average Bonchev–Trinajstić information content (AvgIpc) is 3.03. The first kappa shape index (κ1) is 16.8. The smallest absolute Gasteiger partial charge is 0.316 e. The van der Waals surface area contributed by atoms with Crippen LogP contribution in [0.5, 0.6) is 0 Å². The summed E-state index contributed by atoms with van der Waals surface area (Å²) in [6, 6.07) is 6.18. The third kappa shape index (κ3) is 5.65. The van der Waals surface area contributed by atoms with Crippen LogP contribution in [-0.4, -0.2) is 43.5 Å². The van der Waals surface area contributed by atoms with Crippen molar-refractivity contribution in [2.45, 2.75) is 23.8 Å². The van der Waals surface area contributed by atoms with E-state index in [0.29, 0.717) is 11.4 Å². The third-order valence-electron chi connectivity index (χ3n) is 3.10. The molecule has 0 spiro atoms. The Morgan fingerprint density at radius 2 is 2.23 bits per heavy atom. The summed E-state index contributed by atoms with van der Waals surface area (Å²) in [5.41, 5.74) is 0. The van der Waals surface area contributed by atoms with Crippen LogP contribution in [0.3, 0.4) is 0 Å². The summed E-state index contributed by atoms with van der Waals surface area (Å²) in [4.78, 5) is 23.4. The normalized spacial score (nSPS) is 17.2. The number of rotatable bonds is 7. The molecule has 1 amide bonds. The first-order chi connectivity index (χ1) is 10.6. The van der Waals surface area contributed by atoms with E-state index in [-0.39, 0.29) is 30.2 Å². The molecule has 1 aliphatic rings. The summed E-state index contributed by atoms with van der Waals surface area (Å²) in [7, 11) is 0. The molecular formula is C15H18FNO4S. The monoisotopic (exact) mass is 327 g/mol. The van der Waals surface area contributed by atoms with Gasteiger partial charge < -0.3 is 14.8 Å². The molecule has 1 aliphatic heterocycles. The van der Waals surface area contributed by atoms with Gasteiger partial charge in [-0.15, -0.1) is 11.8 Å². The number of hydrogen-bond acceptors (Lipinski definition) is 5. The minimum absolute atomic E-state index is 0.0417. The second-order valence-electron chi connectivity index (χ2n) is 4.82. The van der Waals surface area contributed by atoms with Gasteiger partial charge in [-0.3, -0.25) is 9.59 Å². The van der Waals surface area contributed by atoms with Crippen LogP contribution in [0.15, 0.2) is 29.2 Å². The number of hydrogen-bond donors (Lipinski definition) is 1. The highest BCUT2D eigenvalue weighted by Gasteiger charge is 2.16. The molecule has 0 bridgehead atoms. The lowest BCUT2D eigenvalue weighted by Gasteiger charge is -2.10. The Balaban J connectivity index is 1.60. The number of thioether (sulfide) groups is 1. The van der Waals surface area contributed by atoms with Gasteiger partial charge in [-0.2, -0.15) is 0 Å². The zero-order valence-corrected chi connectivity index (χ0v) is 12.9. The summed E-state index contributed by atoms with van der Waals surface area (Å²) < 4.78 is 23.6. The van der Waals surface area contributed by atoms with E-state index in [2.05, 4.69) is 5.32 Å². The van der Waals surface area contributed by atoms with Crippen molar-refractivity contribution < 1.29 is 23.5 Å². The number of nitrogens with one attached hydrogen (secondary N) is 1. The maximum atomic E-state index is 13.4. The average molecular weight is 327 g/mol. The number of ether oxygens (including phenoxy) is 2. The second kappa shape index (κ2) is 8.75. The van der Waals surface area contributed by atoms with Crippen LogP contribution in [0.1, 0.15) is 12.8 Å². The Morgan fingerprint density at radius 1 is 1.41 bits per heavy atom. The maximum absolute atomic E-state index is 13.4. The predicted octanol–water partition coefficient (Wildman–Crippen LogP) is 1.76. The van der Waals surface area contributed by atoms with E-state index in [4.69, 9.17) is 9.47 Å². The van der Waals surface area contributed by atoms with E-state index >= 15 is 0 Å². The van der Waals surface area contributed by atoms with Crippen molar-refractivity contribution >= 4 is 23.6 Å². The molecule has 0 aromatic heterocycles. The number of amides is 1. The molecule has 1 aromatic carbocycles. The highest BCUT2D eigenvalue weighted by atomic mass is 32.2. The van der Waals surface area contributed by atoms with Crippen molar-refractivity contribution in [2.24, 2.45) is 0 Å². The zero-order chi connectivity index (χ0) is 15.8. The van der Waals surface area contributed by atoms with Crippen LogP contribution in [-0.2, 0) is 19.1 Å². The van der Waals surface area contributed by atoms with E-state index in [0.717, 1.165) is 31.2 Å². The number of carbonyl (C=O) groups excluding carboxylic acids is 2. The summed E-state index contributed by atoms with van der Waals surface area (Å²) in [6.07, 6.45) is 1.98. The van der Waals surface area contributed by atoms with E-state index in [9.17, 15) is 14.0 Å². The lowest BCUT2D eigenvalue weighted by molar-refractivity contribution is -0.146. The molecule has 7 heteroatoms. The van der Waals surface area contributed by atoms with Crippen molar-refractivity contribution in [3.63, 3.8) is 0 Å². The first-order valence-corrected chi connectivity index (χ1v) is 8.05. The van der Waals surface area contributed by atoms with Crippen LogP contribution < -0.4 is 5.32 Å². The SMILES string of the molecule is O=C(COC(=O)CSc1ccccc1F)NC[C@H]1CCCO1. The molecule has 120 valence electrons. The van der Waals surface area contributed by atoms with Gasteiger partial charge >= 0.3 is 5.97 Å². The molecule has 1 heterocycles. The van der Waals surface area contributed by atoms with Crippen molar-refractivity contribution in [1.29, 1.82) is 0 Å². The molecule has 0 aliphatic carbocycles. The number of carbonyl (C=O) groups is 2. The van der Waals surface area contributed by atoms with Gasteiger partial charge in [0.15, 0.2) is 6.61 Å². The van der Waals surface area contributed by atoms with Crippen LogP contribution in [0.4, 0.5) is 4.39 Å². The Bertz CT molecular complexity index is 520. The largest absolute Gasteiger partial charge is 0.455 e. The van der Waals surface area contributed by atoms with Gasteiger partial charge in [0.2, 0.25) is 0 Å². The van der Waals surface area contributed by atoms with E-state index in [1.54, 1.807) is 18.2 Å². The highest BCUT2D eigenvalue weighted by molar-refractivity contribution is 8.00. The Hall–Kier alpha value is -1.60. The Labute approximate surface area is 132 Å². The van der Waals surface area contributed by atoms with Crippen molar-refractivity contribution in [1.82, 2.24) is 5.32 Å². The van der Waals surface area contributed by atoms with Gasteiger partial charge in [-0.05, 0) is 25.0 Å². The molecule has 0 saturated carbocycles. The van der Waals surface area contributed by atoms with E-state index in [1.165, 1.54) is 6.07 Å². The molecule has 1 fully saturated rings.